The van der Waals surface area contributed by atoms with Gasteiger partial charge in [0, 0.05) is 26.6 Å². The number of halogens is 1. The first kappa shape index (κ1) is 17.1. The fraction of sp³-hybridized carbons (Fsp3) is 0.300. The van der Waals surface area contributed by atoms with Crippen LogP contribution in [0.4, 0.5) is 4.39 Å². The molecule has 5 heteroatoms. The Morgan fingerprint density at radius 2 is 1.72 bits per heavy atom. The number of nitrogens with zero attached hydrogens (tertiary/aromatic N) is 2. The van der Waals surface area contributed by atoms with Gasteiger partial charge in [-0.2, -0.15) is 0 Å². The first-order valence-electron chi connectivity index (χ1n) is 8.39. The number of rotatable bonds is 3. The van der Waals surface area contributed by atoms with Gasteiger partial charge in [0.15, 0.2) is 0 Å². The largest absolute Gasteiger partial charge is 0.339 e. The van der Waals surface area contributed by atoms with Gasteiger partial charge in [-0.3, -0.25) is 9.59 Å². The normalized spacial score (nSPS) is 17.4. The van der Waals surface area contributed by atoms with Crippen molar-refractivity contribution < 1.29 is 14.0 Å². The van der Waals surface area contributed by atoms with Crippen molar-refractivity contribution in [1.82, 2.24) is 9.80 Å². The molecule has 130 valence electrons. The third-order valence-electron chi connectivity index (χ3n) is 4.60. The number of piperazine rings is 1. The van der Waals surface area contributed by atoms with E-state index >= 15 is 0 Å². The lowest BCUT2D eigenvalue weighted by Gasteiger charge is -2.41. The molecule has 2 amide bonds. The van der Waals surface area contributed by atoms with E-state index in [1.807, 2.05) is 35.2 Å². The summed E-state index contributed by atoms with van der Waals surface area (Å²) in [6, 6.07) is 15.6. The Labute approximate surface area is 146 Å². The molecule has 1 heterocycles. The Hall–Kier alpha value is -2.69. The Balaban J connectivity index is 1.80. The molecule has 0 aliphatic carbocycles. The van der Waals surface area contributed by atoms with Crippen molar-refractivity contribution in [3.05, 3.63) is 71.5 Å². The highest BCUT2D eigenvalue weighted by molar-refractivity contribution is 5.80. The zero-order valence-electron chi connectivity index (χ0n) is 14.2. The molecule has 2 aromatic carbocycles. The van der Waals surface area contributed by atoms with Crippen molar-refractivity contribution in [2.75, 3.05) is 19.6 Å². The summed E-state index contributed by atoms with van der Waals surface area (Å²) in [5, 5.41) is 0. The van der Waals surface area contributed by atoms with Crippen LogP contribution in [-0.2, 0) is 16.0 Å². The number of carbonyl (C=O) groups is 2. The fourth-order valence-corrected chi connectivity index (χ4v) is 3.21. The van der Waals surface area contributed by atoms with Crippen LogP contribution in [0.3, 0.4) is 0 Å². The highest BCUT2D eigenvalue weighted by atomic mass is 19.1. The van der Waals surface area contributed by atoms with Crippen LogP contribution in [0.25, 0.3) is 0 Å². The molecule has 0 saturated carbocycles. The molecule has 1 aliphatic heterocycles. The Kier molecular flexibility index (Phi) is 5.12. The number of hydrogen-bond donors (Lipinski definition) is 0. The van der Waals surface area contributed by atoms with Crippen LogP contribution < -0.4 is 0 Å². The van der Waals surface area contributed by atoms with Crippen molar-refractivity contribution in [2.45, 2.75) is 19.4 Å². The SMILES string of the molecule is CC(=O)N1CCN(C(=O)Cc2ccc(F)cc2)C(c2ccccc2)C1. The smallest absolute Gasteiger partial charge is 0.227 e. The molecule has 2 aromatic rings. The molecule has 4 nitrogen and oxygen atoms in total. The van der Waals surface area contributed by atoms with Gasteiger partial charge in [0.2, 0.25) is 11.8 Å². The Morgan fingerprint density at radius 1 is 1.04 bits per heavy atom. The standard InChI is InChI=1S/C20H21FN2O2/c1-15(24)22-11-12-23(19(14-22)17-5-3-2-4-6-17)20(25)13-16-7-9-18(21)10-8-16/h2-10,19H,11-14H2,1H3. The molecule has 0 N–H and O–H groups in total. The summed E-state index contributed by atoms with van der Waals surface area (Å²) in [6.07, 6.45) is 0.226. The highest BCUT2D eigenvalue weighted by Crippen LogP contribution is 2.26. The first-order valence-corrected chi connectivity index (χ1v) is 8.39. The average Bonchev–Trinajstić information content (AvgIpc) is 2.63. The topological polar surface area (TPSA) is 40.6 Å². The monoisotopic (exact) mass is 340 g/mol. The summed E-state index contributed by atoms with van der Waals surface area (Å²) in [5.41, 5.74) is 1.80. The van der Waals surface area contributed by atoms with Crippen LogP contribution in [0, 0.1) is 5.82 Å². The van der Waals surface area contributed by atoms with Crippen LogP contribution in [0.15, 0.2) is 54.6 Å². The summed E-state index contributed by atoms with van der Waals surface area (Å²) in [7, 11) is 0. The number of benzene rings is 2. The van der Waals surface area contributed by atoms with Gasteiger partial charge in [-0.15, -0.1) is 0 Å². The minimum atomic E-state index is -0.312. The summed E-state index contributed by atoms with van der Waals surface area (Å²) >= 11 is 0. The number of hydrogen-bond acceptors (Lipinski definition) is 2. The van der Waals surface area contributed by atoms with Crippen molar-refractivity contribution in [1.29, 1.82) is 0 Å². The van der Waals surface area contributed by atoms with Crippen molar-refractivity contribution in [2.24, 2.45) is 0 Å². The molecule has 25 heavy (non-hydrogen) atoms. The predicted molar refractivity (Wildman–Crippen MR) is 93.3 cm³/mol. The zero-order valence-corrected chi connectivity index (χ0v) is 14.2. The molecule has 1 aliphatic rings. The second kappa shape index (κ2) is 7.47. The van der Waals surface area contributed by atoms with E-state index in [-0.39, 0.29) is 30.1 Å². The van der Waals surface area contributed by atoms with E-state index in [9.17, 15) is 14.0 Å². The second-order valence-corrected chi connectivity index (χ2v) is 6.28. The van der Waals surface area contributed by atoms with Crippen LogP contribution in [0.5, 0.6) is 0 Å². The molecule has 0 aromatic heterocycles. The second-order valence-electron chi connectivity index (χ2n) is 6.28. The van der Waals surface area contributed by atoms with E-state index < -0.39 is 0 Å². The lowest BCUT2D eigenvalue weighted by Crippen LogP contribution is -2.52. The van der Waals surface area contributed by atoms with Crippen molar-refractivity contribution in [3.63, 3.8) is 0 Å². The summed E-state index contributed by atoms with van der Waals surface area (Å²) in [4.78, 5) is 28.2. The molecule has 3 rings (SSSR count). The van der Waals surface area contributed by atoms with Crippen LogP contribution in [0.2, 0.25) is 0 Å². The van der Waals surface area contributed by atoms with Crippen molar-refractivity contribution in [3.8, 4) is 0 Å². The maximum absolute atomic E-state index is 13.0. The quantitative estimate of drug-likeness (QED) is 0.862. The first-order chi connectivity index (χ1) is 12.0. The molecule has 0 bridgehead atoms. The molecule has 1 unspecified atom stereocenters. The van der Waals surface area contributed by atoms with Gasteiger partial charge in [-0.25, -0.2) is 4.39 Å². The van der Waals surface area contributed by atoms with Gasteiger partial charge >= 0.3 is 0 Å². The number of amides is 2. The predicted octanol–water partition coefficient (Wildman–Crippen LogP) is 2.80. The Bertz CT molecular complexity index is 746. The lowest BCUT2D eigenvalue weighted by atomic mass is 10.0. The lowest BCUT2D eigenvalue weighted by molar-refractivity contribution is -0.141. The average molecular weight is 340 g/mol. The van der Waals surface area contributed by atoms with Gasteiger partial charge in [-0.1, -0.05) is 42.5 Å². The number of carbonyl (C=O) groups excluding carboxylic acids is 2. The van der Waals surface area contributed by atoms with Gasteiger partial charge in [0.1, 0.15) is 5.82 Å². The molecular formula is C20H21FN2O2. The van der Waals surface area contributed by atoms with Gasteiger partial charge in [-0.05, 0) is 23.3 Å². The van der Waals surface area contributed by atoms with Gasteiger partial charge in [0.25, 0.3) is 0 Å². The molecule has 1 saturated heterocycles. The summed E-state index contributed by atoms with van der Waals surface area (Å²) in [6.45, 7) is 3.08. The Morgan fingerprint density at radius 3 is 2.36 bits per heavy atom. The summed E-state index contributed by atoms with van der Waals surface area (Å²) < 4.78 is 13.0. The zero-order chi connectivity index (χ0) is 17.8. The van der Waals surface area contributed by atoms with E-state index in [2.05, 4.69) is 0 Å². The maximum atomic E-state index is 13.0. The van der Waals surface area contributed by atoms with Crippen LogP contribution in [-0.4, -0.2) is 41.2 Å². The third kappa shape index (κ3) is 4.05. The van der Waals surface area contributed by atoms with E-state index in [0.717, 1.165) is 11.1 Å². The molecular weight excluding hydrogens is 319 g/mol. The molecule has 0 spiro atoms. The van der Waals surface area contributed by atoms with Crippen LogP contribution in [0.1, 0.15) is 24.1 Å². The van der Waals surface area contributed by atoms with E-state index in [0.29, 0.717) is 19.6 Å². The van der Waals surface area contributed by atoms with E-state index in [1.54, 1.807) is 24.0 Å². The molecule has 0 radical (unpaired) electrons. The maximum Gasteiger partial charge on any atom is 0.227 e. The summed E-state index contributed by atoms with van der Waals surface area (Å²) in [5.74, 6) is -0.302. The van der Waals surface area contributed by atoms with E-state index in [1.165, 1.54) is 12.1 Å². The van der Waals surface area contributed by atoms with Gasteiger partial charge < -0.3 is 9.80 Å². The third-order valence-corrected chi connectivity index (χ3v) is 4.60. The highest BCUT2D eigenvalue weighted by Gasteiger charge is 2.32. The minimum absolute atomic E-state index is 0.0105. The molecule has 1 atom stereocenters. The fourth-order valence-electron chi connectivity index (χ4n) is 3.21. The van der Waals surface area contributed by atoms with E-state index in [4.69, 9.17) is 0 Å². The minimum Gasteiger partial charge on any atom is -0.339 e. The molecule has 1 fully saturated rings. The van der Waals surface area contributed by atoms with Crippen molar-refractivity contribution >= 4 is 11.8 Å². The van der Waals surface area contributed by atoms with Gasteiger partial charge in [0.05, 0.1) is 12.5 Å². The van der Waals surface area contributed by atoms with Crippen LogP contribution >= 0.6 is 0 Å².